The fourth-order valence-electron chi connectivity index (χ4n) is 2.60. The molecule has 20 heavy (non-hydrogen) atoms. The quantitative estimate of drug-likeness (QED) is 0.761. The average molecular weight is 278 g/mol. The van der Waals surface area contributed by atoms with Crippen molar-refractivity contribution >= 4 is 0 Å². The Morgan fingerprint density at radius 1 is 1.15 bits per heavy atom. The molecule has 0 aliphatic heterocycles. The van der Waals surface area contributed by atoms with E-state index < -0.39 is 5.60 Å². The van der Waals surface area contributed by atoms with Crippen LogP contribution in [-0.2, 0) is 6.42 Å². The molecule has 2 heteroatoms. The third-order valence-electron chi connectivity index (χ3n) is 4.19. The zero-order chi connectivity index (χ0) is 15.2. The summed E-state index contributed by atoms with van der Waals surface area (Å²) in [4.78, 5) is 0. The van der Waals surface area contributed by atoms with Gasteiger partial charge in [0.25, 0.3) is 0 Å². The summed E-state index contributed by atoms with van der Waals surface area (Å²) >= 11 is 0. The van der Waals surface area contributed by atoms with Crippen LogP contribution in [0.1, 0.15) is 53.0 Å². The van der Waals surface area contributed by atoms with Gasteiger partial charge in [-0.05, 0) is 48.8 Å². The predicted octanol–water partition coefficient (Wildman–Crippen LogP) is 4.45. The Balaban J connectivity index is 2.69. The van der Waals surface area contributed by atoms with Crippen LogP contribution >= 0.6 is 0 Å². The van der Waals surface area contributed by atoms with Gasteiger partial charge in [0.05, 0.1) is 12.2 Å². The van der Waals surface area contributed by atoms with Crippen molar-refractivity contribution in [2.24, 2.45) is 11.8 Å². The maximum atomic E-state index is 10.8. The zero-order valence-corrected chi connectivity index (χ0v) is 13.6. The number of hydrogen-bond donors (Lipinski definition) is 1. The van der Waals surface area contributed by atoms with Gasteiger partial charge in [-0.1, -0.05) is 46.8 Å². The van der Waals surface area contributed by atoms with Crippen molar-refractivity contribution in [1.29, 1.82) is 0 Å². The van der Waals surface area contributed by atoms with Crippen molar-refractivity contribution in [1.82, 2.24) is 0 Å². The Labute approximate surface area is 124 Å². The molecule has 0 spiro atoms. The number of aryl methyl sites for hydroxylation is 1. The first-order valence-corrected chi connectivity index (χ1v) is 7.84. The van der Waals surface area contributed by atoms with Gasteiger partial charge >= 0.3 is 0 Å². The maximum absolute atomic E-state index is 10.8. The van der Waals surface area contributed by atoms with E-state index in [1.54, 1.807) is 0 Å². The minimum atomic E-state index is -0.597. The van der Waals surface area contributed by atoms with E-state index in [1.165, 1.54) is 5.56 Å². The fourth-order valence-corrected chi connectivity index (χ4v) is 2.60. The molecule has 0 bridgehead atoms. The summed E-state index contributed by atoms with van der Waals surface area (Å²) in [5, 5.41) is 10.8. The number of ether oxygens (including phenoxy) is 1. The molecule has 0 radical (unpaired) electrons. The highest BCUT2D eigenvalue weighted by Gasteiger charge is 2.33. The minimum Gasteiger partial charge on any atom is -0.494 e. The van der Waals surface area contributed by atoms with Gasteiger partial charge in [-0.3, -0.25) is 0 Å². The normalized spacial score (nSPS) is 12.2. The second-order valence-electron chi connectivity index (χ2n) is 6.30. The molecule has 0 saturated heterocycles. The summed E-state index contributed by atoms with van der Waals surface area (Å²) < 4.78 is 5.66. The molecule has 1 rings (SSSR count). The number of rotatable bonds is 8. The first-order chi connectivity index (χ1) is 9.40. The monoisotopic (exact) mass is 278 g/mol. The smallest absolute Gasteiger partial charge is 0.119 e. The van der Waals surface area contributed by atoms with Crippen molar-refractivity contribution < 1.29 is 9.84 Å². The van der Waals surface area contributed by atoms with E-state index in [0.717, 1.165) is 31.6 Å². The highest BCUT2D eigenvalue weighted by molar-refractivity contribution is 5.28. The van der Waals surface area contributed by atoms with Crippen LogP contribution in [0.3, 0.4) is 0 Å². The molecule has 0 aliphatic carbocycles. The largest absolute Gasteiger partial charge is 0.494 e. The lowest BCUT2D eigenvalue weighted by Crippen LogP contribution is -2.41. The SMILES string of the molecule is CCCOc1cccc(CCC(O)(C(C)C)C(C)C)c1. The summed E-state index contributed by atoms with van der Waals surface area (Å²) in [5.74, 6) is 1.46. The Morgan fingerprint density at radius 2 is 1.80 bits per heavy atom. The predicted molar refractivity (Wildman–Crippen MR) is 85.2 cm³/mol. The number of hydrogen-bond acceptors (Lipinski definition) is 2. The van der Waals surface area contributed by atoms with Crippen molar-refractivity contribution in [2.45, 2.75) is 59.5 Å². The summed E-state index contributed by atoms with van der Waals surface area (Å²) in [6.07, 6.45) is 2.69. The lowest BCUT2D eigenvalue weighted by molar-refractivity contribution is -0.0534. The van der Waals surface area contributed by atoms with E-state index in [2.05, 4.69) is 46.8 Å². The molecule has 0 amide bonds. The second kappa shape index (κ2) is 7.68. The van der Waals surface area contributed by atoms with Crippen molar-refractivity contribution in [3.05, 3.63) is 29.8 Å². The summed E-state index contributed by atoms with van der Waals surface area (Å²) in [6.45, 7) is 11.3. The Kier molecular flexibility index (Phi) is 6.54. The lowest BCUT2D eigenvalue weighted by atomic mass is 9.76. The molecule has 2 nitrogen and oxygen atoms in total. The van der Waals surface area contributed by atoms with Crippen LogP contribution < -0.4 is 4.74 Å². The molecule has 1 aromatic carbocycles. The molecule has 0 unspecified atom stereocenters. The van der Waals surface area contributed by atoms with E-state index in [9.17, 15) is 5.11 Å². The van der Waals surface area contributed by atoms with Gasteiger partial charge in [0.15, 0.2) is 0 Å². The molecule has 1 N–H and O–H groups in total. The summed E-state index contributed by atoms with van der Waals surface area (Å²) in [5.41, 5.74) is 0.638. The molecule has 0 fully saturated rings. The molecule has 1 aromatic rings. The van der Waals surface area contributed by atoms with Crippen LogP contribution in [-0.4, -0.2) is 17.3 Å². The summed E-state index contributed by atoms with van der Waals surface area (Å²) in [7, 11) is 0. The highest BCUT2D eigenvalue weighted by atomic mass is 16.5. The third kappa shape index (κ3) is 4.52. The standard InChI is InChI=1S/C18H30O2/c1-6-12-20-17-9-7-8-16(13-17)10-11-18(19,14(2)3)15(4)5/h7-9,13-15,19H,6,10-12H2,1-5H3. The van der Waals surface area contributed by atoms with E-state index >= 15 is 0 Å². The van der Waals surface area contributed by atoms with Crippen LogP contribution in [0.5, 0.6) is 5.75 Å². The van der Waals surface area contributed by atoms with Crippen LogP contribution in [0, 0.1) is 11.8 Å². The Morgan fingerprint density at radius 3 is 2.35 bits per heavy atom. The van der Waals surface area contributed by atoms with Gasteiger partial charge in [-0.15, -0.1) is 0 Å². The molecule has 0 atom stereocenters. The highest BCUT2D eigenvalue weighted by Crippen LogP contribution is 2.31. The second-order valence-corrected chi connectivity index (χ2v) is 6.30. The number of benzene rings is 1. The summed E-state index contributed by atoms with van der Waals surface area (Å²) in [6, 6.07) is 8.23. The van der Waals surface area contributed by atoms with Gasteiger partial charge in [-0.25, -0.2) is 0 Å². The van der Waals surface area contributed by atoms with E-state index in [4.69, 9.17) is 4.74 Å². The third-order valence-corrected chi connectivity index (χ3v) is 4.19. The van der Waals surface area contributed by atoms with Crippen LogP contribution in [0.4, 0.5) is 0 Å². The maximum Gasteiger partial charge on any atom is 0.119 e. The van der Waals surface area contributed by atoms with E-state index in [0.29, 0.717) is 0 Å². The van der Waals surface area contributed by atoms with Crippen LogP contribution in [0.15, 0.2) is 24.3 Å². The van der Waals surface area contributed by atoms with Crippen molar-refractivity contribution in [2.75, 3.05) is 6.61 Å². The molecule has 0 aliphatic rings. The topological polar surface area (TPSA) is 29.5 Å². The Hall–Kier alpha value is -1.02. The first-order valence-electron chi connectivity index (χ1n) is 7.84. The van der Waals surface area contributed by atoms with E-state index in [-0.39, 0.29) is 11.8 Å². The first kappa shape index (κ1) is 17.0. The van der Waals surface area contributed by atoms with Crippen LogP contribution in [0.25, 0.3) is 0 Å². The molecule has 0 saturated carbocycles. The molecular formula is C18H30O2. The Bertz CT molecular complexity index is 388. The van der Waals surface area contributed by atoms with Gasteiger partial charge < -0.3 is 9.84 Å². The molecular weight excluding hydrogens is 248 g/mol. The fraction of sp³-hybridized carbons (Fsp3) is 0.667. The minimum absolute atomic E-state index is 0.266. The zero-order valence-electron chi connectivity index (χ0n) is 13.6. The van der Waals surface area contributed by atoms with E-state index in [1.807, 2.05) is 12.1 Å². The van der Waals surface area contributed by atoms with Crippen molar-refractivity contribution in [3.63, 3.8) is 0 Å². The van der Waals surface area contributed by atoms with Crippen molar-refractivity contribution in [3.8, 4) is 5.75 Å². The van der Waals surface area contributed by atoms with Gasteiger partial charge in [-0.2, -0.15) is 0 Å². The lowest BCUT2D eigenvalue weighted by Gasteiger charge is -2.36. The van der Waals surface area contributed by atoms with Gasteiger partial charge in [0, 0.05) is 0 Å². The number of aliphatic hydroxyl groups is 1. The molecule has 0 aromatic heterocycles. The molecule has 114 valence electrons. The van der Waals surface area contributed by atoms with Gasteiger partial charge in [0.1, 0.15) is 5.75 Å². The molecule has 0 heterocycles. The van der Waals surface area contributed by atoms with Crippen LogP contribution in [0.2, 0.25) is 0 Å². The average Bonchev–Trinajstić information content (AvgIpc) is 2.42. The van der Waals surface area contributed by atoms with Gasteiger partial charge in [0.2, 0.25) is 0 Å².